The summed E-state index contributed by atoms with van der Waals surface area (Å²) in [5, 5.41) is 14.7. The molecule has 5 N–H and O–H groups in total. The van der Waals surface area contributed by atoms with E-state index in [1.165, 1.54) is 0 Å². The summed E-state index contributed by atoms with van der Waals surface area (Å²) in [6.45, 7) is 0.799. The quantitative estimate of drug-likeness (QED) is 0.527. The number of aromatic hydroxyl groups is 1. The van der Waals surface area contributed by atoms with Gasteiger partial charge in [-0.05, 0) is 37.0 Å². The lowest BCUT2D eigenvalue weighted by Crippen LogP contribution is -2.44. The Hall–Kier alpha value is -2.08. The van der Waals surface area contributed by atoms with Gasteiger partial charge in [0.1, 0.15) is 5.75 Å². The van der Waals surface area contributed by atoms with Crippen LogP contribution in [0, 0.1) is 5.92 Å². The normalized spacial score (nSPS) is 15.3. The van der Waals surface area contributed by atoms with Crippen LogP contribution in [0.25, 0.3) is 0 Å². The van der Waals surface area contributed by atoms with Gasteiger partial charge in [0.2, 0.25) is 11.8 Å². The molecular formula is C15H21N3O3. The summed E-state index contributed by atoms with van der Waals surface area (Å²) in [7, 11) is 0. The van der Waals surface area contributed by atoms with Crippen LogP contribution in [0.2, 0.25) is 0 Å². The smallest absolute Gasteiger partial charge is 0.237 e. The van der Waals surface area contributed by atoms with Gasteiger partial charge in [-0.25, -0.2) is 0 Å². The van der Waals surface area contributed by atoms with Crippen LogP contribution >= 0.6 is 0 Å². The zero-order chi connectivity index (χ0) is 15.2. The van der Waals surface area contributed by atoms with Gasteiger partial charge in [0.05, 0.1) is 6.04 Å². The maximum atomic E-state index is 11.8. The highest BCUT2D eigenvalue weighted by atomic mass is 16.3. The van der Waals surface area contributed by atoms with Gasteiger partial charge in [-0.1, -0.05) is 12.1 Å². The van der Waals surface area contributed by atoms with E-state index in [1.807, 2.05) is 0 Å². The molecule has 2 amide bonds. The Labute approximate surface area is 123 Å². The highest BCUT2D eigenvalue weighted by Crippen LogP contribution is 2.28. The Morgan fingerprint density at radius 2 is 1.81 bits per heavy atom. The molecule has 1 fully saturated rings. The second kappa shape index (κ2) is 7.08. The fraction of sp³-hybridized carbons (Fsp3) is 0.467. The van der Waals surface area contributed by atoms with Crippen LogP contribution in [0.1, 0.15) is 18.4 Å². The third-order valence-corrected chi connectivity index (χ3v) is 3.40. The number of amides is 2. The zero-order valence-corrected chi connectivity index (χ0v) is 11.8. The lowest BCUT2D eigenvalue weighted by molar-refractivity contribution is -0.124. The van der Waals surface area contributed by atoms with Gasteiger partial charge in [-0.2, -0.15) is 0 Å². The molecule has 1 atom stereocenters. The first-order valence-corrected chi connectivity index (χ1v) is 7.15. The van der Waals surface area contributed by atoms with Crippen LogP contribution in [0.5, 0.6) is 5.75 Å². The number of phenols is 1. The van der Waals surface area contributed by atoms with Crippen LogP contribution in [-0.2, 0) is 16.0 Å². The Morgan fingerprint density at radius 3 is 2.43 bits per heavy atom. The van der Waals surface area contributed by atoms with E-state index in [9.17, 15) is 14.7 Å². The van der Waals surface area contributed by atoms with Crippen LogP contribution in [0.4, 0.5) is 0 Å². The summed E-state index contributed by atoms with van der Waals surface area (Å²) >= 11 is 0. The van der Waals surface area contributed by atoms with E-state index in [-0.39, 0.29) is 23.5 Å². The number of hydrogen-bond donors (Lipinski definition) is 4. The molecule has 114 valence electrons. The second-order valence-corrected chi connectivity index (χ2v) is 5.33. The number of carbonyl (C=O) groups is 2. The molecule has 0 heterocycles. The average molecular weight is 291 g/mol. The average Bonchev–Trinajstić information content (AvgIpc) is 3.30. The van der Waals surface area contributed by atoms with E-state index in [0.717, 1.165) is 18.4 Å². The first-order chi connectivity index (χ1) is 10.1. The molecule has 1 aliphatic rings. The summed E-state index contributed by atoms with van der Waals surface area (Å²) in [6.07, 6.45) is 2.34. The molecule has 0 aliphatic heterocycles. The number of phenolic OH excluding ortho intramolecular Hbond substituents is 1. The second-order valence-electron chi connectivity index (χ2n) is 5.33. The van der Waals surface area contributed by atoms with Crippen LogP contribution in [0.3, 0.4) is 0 Å². The largest absolute Gasteiger partial charge is 0.508 e. The fourth-order valence-electron chi connectivity index (χ4n) is 1.97. The molecule has 0 saturated heterocycles. The molecule has 6 nitrogen and oxygen atoms in total. The fourth-order valence-corrected chi connectivity index (χ4v) is 1.97. The molecule has 21 heavy (non-hydrogen) atoms. The number of benzene rings is 1. The van der Waals surface area contributed by atoms with E-state index >= 15 is 0 Å². The molecule has 0 radical (unpaired) electrons. The number of nitrogens with one attached hydrogen (secondary N) is 2. The molecule has 1 saturated carbocycles. The summed E-state index contributed by atoms with van der Waals surface area (Å²) in [5.41, 5.74) is 6.71. The Kier molecular flexibility index (Phi) is 5.16. The summed E-state index contributed by atoms with van der Waals surface area (Å²) in [4.78, 5) is 23.2. The lowest BCUT2D eigenvalue weighted by atomic mass is 10.1. The van der Waals surface area contributed by atoms with Crippen molar-refractivity contribution in [1.29, 1.82) is 0 Å². The monoisotopic (exact) mass is 291 g/mol. The van der Waals surface area contributed by atoms with Crippen molar-refractivity contribution in [2.24, 2.45) is 11.7 Å². The van der Waals surface area contributed by atoms with Crippen molar-refractivity contribution in [2.45, 2.75) is 25.3 Å². The molecule has 6 heteroatoms. The predicted molar refractivity (Wildman–Crippen MR) is 78.5 cm³/mol. The number of carbonyl (C=O) groups excluding carboxylic acids is 2. The topological polar surface area (TPSA) is 104 Å². The minimum Gasteiger partial charge on any atom is -0.508 e. The number of hydrogen-bond acceptors (Lipinski definition) is 4. The van der Waals surface area contributed by atoms with Gasteiger partial charge < -0.3 is 21.5 Å². The molecular weight excluding hydrogens is 270 g/mol. The zero-order valence-electron chi connectivity index (χ0n) is 11.8. The van der Waals surface area contributed by atoms with E-state index in [0.29, 0.717) is 19.5 Å². The van der Waals surface area contributed by atoms with E-state index in [1.54, 1.807) is 24.3 Å². The molecule has 1 aromatic rings. The third-order valence-electron chi connectivity index (χ3n) is 3.40. The summed E-state index contributed by atoms with van der Waals surface area (Å²) in [6, 6.07) is 5.95. The van der Waals surface area contributed by atoms with Crippen LogP contribution in [-0.4, -0.2) is 36.1 Å². The lowest BCUT2D eigenvalue weighted by Gasteiger charge is -2.12. The van der Waals surface area contributed by atoms with Crippen molar-refractivity contribution in [3.8, 4) is 5.75 Å². The first kappa shape index (κ1) is 15.3. The molecule has 2 rings (SSSR count). The summed E-state index contributed by atoms with van der Waals surface area (Å²) in [5.74, 6) is 0.182. The van der Waals surface area contributed by atoms with Gasteiger partial charge in [-0.3, -0.25) is 9.59 Å². The molecule has 1 aliphatic carbocycles. The third kappa shape index (κ3) is 5.07. The van der Waals surface area contributed by atoms with Crippen LogP contribution in [0.15, 0.2) is 24.3 Å². The molecule has 0 spiro atoms. The molecule has 1 aromatic carbocycles. The molecule has 0 bridgehead atoms. The minimum absolute atomic E-state index is 0.0673. The minimum atomic E-state index is -0.645. The molecule has 0 unspecified atom stereocenters. The number of nitrogens with two attached hydrogens (primary N) is 1. The van der Waals surface area contributed by atoms with Crippen molar-refractivity contribution in [3.05, 3.63) is 29.8 Å². The van der Waals surface area contributed by atoms with Crippen molar-refractivity contribution < 1.29 is 14.7 Å². The predicted octanol–water partition coefficient (Wildman–Crippen LogP) is -0.0956. The van der Waals surface area contributed by atoms with Crippen molar-refractivity contribution in [3.63, 3.8) is 0 Å². The Bertz CT molecular complexity index is 497. The van der Waals surface area contributed by atoms with Gasteiger partial charge in [0.25, 0.3) is 0 Å². The van der Waals surface area contributed by atoms with Crippen molar-refractivity contribution >= 4 is 11.8 Å². The summed E-state index contributed by atoms with van der Waals surface area (Å²) < 4.78 is 0. The van der Waals surface area contributed by atoms with E-state index in [4.69, 9.17) is 5.73 Å². The van der Waals surface area contributed by atoms with Gasteiger partial charge in [0, 0.05) is 19.0 Å². The highest BCUT2D eigenvalue weighted by Gasteiger charge is 2.29. The Morgan fingerprint density at radius 1 is 1.19 bits per heavy atom. The highest BCUT2D eigenvalue weighted by molar-refractivity contribution is 5.82. The standard InChI is InChI=1S/C15H21N3O3/c16-13(9-10-1-5-12(19)6-2-10)15(21)18-8-7-17-14(20)11-3-4-11/h1-2,5-6,11,13,19H,3-4,7-9,16H2,(H,17,20)(H,18,21)/t13-/m1/s1. The first-order valence-electron chi connectivity index (χ1n) is 7.15. The van der Waals surface area contributed by atoms with Gasteiger partial charge >= 0.3 is 0 Å². The van der Waals surface area contributed by atoms with Crippen LogP contribution < -0.4 is 16.4 Å². The van der Waals surface area contributed by atoms with Crippen molar-refractivity contribution in [2.75, 3.05) is 13.1 Å². The molecule has 0 aromatic heterocycles. The van der Waals surface area contributed by atoms with E-state index in [2.05, 4.69) is 10.6 Å². The van der Waals surface area contributed by atoms with Gasteiger partial charge in [0.15, 0.2) is 0 Å². The number of rotatable bonds is 7. The van der Waals surface area contributed by atoms with Gasteiger partial charge in [-0.15, -0.1) is 0 Å². The SMILES string of the molecule is N[C@H](Cc1ccc(O)cc1)C(=O)NCCNC(=O)C1CC1. The maximum absolute atomic E-state index is 11.8. The Balaban J connectivity index is 1.64. The maximum Gasteiger partial charge on any atom is 0.237 e. The van der Waals surface area contributed by atoms with Crippen molar-refractivity contribution in [1.82, 2.24) is 10.6 Å². The van der Waals surface area contributed by atoms with E-state index < -0.39 is 6.04 Å².